The molecule has 6 heteroatoms. The van der Waals surface area contributed by atoms with Crippen molar-refractivity contribution in [1.82, 2.24) is 15.1 Å². The average molecular weight is 291 g/mol. The van der Waals surface area contributed by atoms with Crippen molar-refractivity contribution in [3.05, 3.63) is 40.6 Å². The van der Waals surface area contributed by atoms with E-state index in [1.165, 1.54) is 0 Å². The first kappa shape index (κ1) is 15.3. The Hall–Kier alpha value is -2.08. The Kier molecular flexibility index (Phi) is 3.91. The number of aryl methyl sites for hydroxylation is 3. The van der Waals surface area contributed by atoms with Crippen molar-refractivity contribution in [1.29, 1.82) is 0 Å². The minimum atomic E-state index is -1.26. The van der Waals surface area contributed by atoms with Crippen LogP contribution in [0.4, 0.5) is 0 Å². The summed E-state index contributed by atoms with van der Waals surface area (Å²) in [6.07, 6.45) is 0. The molecular weight excluding hydrogens is 270 g/mol. The third-order valence-corrected chi connectivity index (χ3v) is 3.60. The fraction of sp³-hybridized carbons (Fsp3) is 0.467. The van der Waals surface area contributed by atoms with Crippen LogP contribution < -0.4 is 5.32 Å². The topological polar surface area (TPSA) is 80.3 Å². The average Bonchev–Trinajstić information content (AvgIpc) is 2.93. The van der Waals surface area contributed by atoms with Crippen LogP contribution in [0, 0.1) is 20.8 Å². The van der Waals surface area contributed by atoms with E-state index in [0.717, 1.165) is 11.5 Å². The van der Waals surface area contributed by atoms with E-state index in [1.54, 1.807) is 44.6 Å². The molecular formula is C15H21N3O3. The second kappa shape index (κ2) is 5.37. The van der Waals surface area contributed by atoms with Gasteiger partial charge in [-0.1, -0.05) is 0 Å². The van der Waals surface area contributed by atoms with Gasteiger partial charge in [0.1, 0.15) is 17.1 Å². The highest BCUT2D eigenvalue weighted by atomic mass is 16.4. The molecule has 0 bridgehead atoms. The van der Waals surface area contributed by atoms with Gasteiger partial charge in [-0.25, -0.2) is 0 Å². The molecule has 114 valence electrons. The van der Waals surface area contributed by atoms with Crippen molar-refractivity contribution in [2.75, 3.05) is 6.54 Å². The Balaban J connectivity index is 2.10. The molecule has 0 aliphatic rings. The van der Waals surface area contributed by atoms with E-state index < -0.39 is 5.60 Å². The second-order valence-electron chi connectivity index (χ2n) is 5.54. The molecule has 6 nitrogen and oxygen atoms in total. The number of nitrogens with zero attached hydrogens (tertiary/aromatic N) is 2. The van der Waals surface area contributed by atoms with Crippen LogP contribution in [0.3, 0.4) is 0 Å². The van der Waals surface area contributed by atoms with Gasteiger partial charge in [-0.15, -0.1) is 0 Å². The minimum Gasteiger partial charge on any atom is -0.463 e. The minimum absolute atomic E-state index is 0.0621. The van der Waals surface area contributed by atoms with Crippen molar-refractivity contribution < 1.29 is 14.3 Å². The summed E-state index contributed by atoms with van der Waals surface area (Å²) in [5.74, 6) is 0.900. The zero-order chi connectivity index (χ0) is 15.8. The molecule has 0 aliphatic carbocycles. The lowest BCUT2D eigenvalue weighted by molar-refractivity contribution is 0.0323. The quantitative estimate of drug-likeness (QED) is 0.896. The number of furan rings is 1. The Morgan fingerprint density at radius 3 is 2.57 bits per heavy atom. The first-order valence-electron chi connectivity index (χ1n) is 6.80. The molecule has 0 aliphatic heterocycles. The predicted octanol–water partition coefficient (Wildman–Crippen LogP) is 1.58. The van der Waals surface area contributed by atoms with Gasteiger partial charge >= 0.3 is 0 Å². The number of carbonyl (C=O) groups is 1. The fourth-order valence-corrected chi connectivity index (χ4v) is 2.25. The summed E-state index contributed by atoms with van der Waals surface area (Å²) in [7, 11) is 1.79. The van der Waals surface area contributed by atoms with Crippen molar-refractivity contribution >= 4 is 5.91 Å². The van der Waals surface area contributed by atoms with Gasteiger partial charge in [-0.3, -0.25) is 9.48 Å². The number of nitrogens with one attached hydrogen (secondary N) is 1. The van der Waals surface area contributed by atoms with Crippen LogP contribution in [0.5, 0.6) is 0 Å². The molecule has 0 fully saturated rings. The second-order valence-corrected chi connectivity index (χ2v) is 5.54. The number of rotatable bonds is 4. The number of aliphatic hydroxyl groups is 1. The maximum absolute atomic E-state index is 12.3. The van der Waals surface area contributed by atoms with E-state index in [0.29, 0.717) is 17.0 Å². The molecule has 0 saturated heterocycles. The predicted molar refractivity (Wildman–Crippen MR) is 78.0 cm³/mol. The van der Waals surface area contributed by atoms with E-state index in [1.807, 2.05) is 6.92 Å². The fourth-order valence-electron chi connectivity index (χ4n) is 2.25. The highest BCUT2D eigenvalue weighted by molar-refractivity contribution is 5.96. The Morgan fingerprint density at radius 1 is 1.43 bits per heavy atom. The number of aromatic nitrogens is 2. The third kappa shape index (κ3) is 3.00. The van der Waals surface area contributed by atoms with E-state index >= 15 is 0 Å². The van der Waals surface area contributed by atoms with Crippen LogP contribution in [0.1, 0.15) is 40.2 Å². The Morgan fingerprint density at radius 2 is 2.10 bits per heavy atom. The zero-order valence-corrected chi connectivity index (χ0v) is 13.0. The molecule has 2 N–H and O–H groups in total. The SMILES string of the molecule is Cc1ccc([C@@](C)(O)CNC(=O)c2c(C)nn(C)c2C)o1. The summed E-state index contributed by atoms with van der Waals surface area (Å²) < 4.78 is 7.09. The summed E-state index contributed by atoms with van der Waals surface area (Å²) in [6, 6.07) is 3.49. The lowest BCUT2D eigenvalue weighted by Crippen LogP contribution is -2.38. The largest absolute Gasteiger partial charge is 0.463 e. The normalized spacial score (nSPS) is 14.0. The number of carbonyl (C=O) groups excluding carboxylic acids is 1. The standard InChI is InChI=1S/C15H21N3O3/c1-9-6-7-12(21-9)15(4,20)8-16-14(19)13-10(2)17-18(5)11(13)3/h6-7,20H,8H2,1-5H3,(H,16,19)/t15-/m0/s1. The molecule has 0 spiro atoms. The zero-order valence-electron chi connectivity index (χ0n) is 13.0. The molecule has 2 rings (SSSR count). The summed E-state index contributed by atoms with van der Waals surface area (Å²) in [6.45, 7) is 7.10. The summed E-state index contributed by atoms with van der Waals surface area (Å²) in [4.78, 5) is 12.3. The number of hydrogen-bond acceptors (Lipinski definition) is 4. The van der Waals surface area contributed by atoms with Crippen molar-refractivity contribution in [2.24, 2.45) is 7.05 Å². The van der Waals surface area contributed by atoms with E-state index in [4.69, 9.17) is 4.42 Å². The van der Waals surface area contributed by atoms with Crippen LogP contribution in [0.15, 0.2) is 16.5 Å². The van der Waals surface area contributed by atoms with Gasteiger partial charge < -0.3 is 14.8 Å². The van der Waals surface area contributed by atoms with Crippen LogP contribution in [-0.4, -0.2) is 27.3 Å². The monoisotopic (exact) mass is 291 g/mol. The number of hydrogen-bond donors (Lipinski definition) is 2. The van der Waals surface area contributed by atoms with Gasteiger partial charge in [0.25, 0.3) is 5.91 Å². The van der Waals surface area contributed by atoms with Gasteiger partial charge in [0.2, 0.25) is 0 Å². The highest BCUT2D eigenvalue weighted by Crippen LogP contribution is 2.22. The summed E-state index contributed by atoms with van der Waals surface area (Å²) >= 11 is 0. The molecule has 2 heterocycles. The Labute approximate surface area is 123 Å². The number of amides is 1. The maximum Gasteiger partial charge on any atom is 0.255 e. The highest BCUT2D eigenvalue weighted by Gasteiger charge is 2.28. The van der Waals surface area contributed by atoms with Gasteiger partial charge in [0.05, 0.1) is 17.8 Å². The smallest absolute Gasteiger partial charge is 0.255 e. The summed E-state index contributed by atoms with van der Waals surface area (Å²) in [5, 5.41) is 17.4. The molecule has 0 aromatic carbocycles. The van der Waals surface area contributed by atoms with Crippen molar-refractivity contribution in [3.63, 3.8) is 0 Å². The first-order valence-corrected chi connectivity index (χ1v) is 6.80. The molecule has 1 atom stereocenters. The molecule has 0 radical (unpaired) electrons. The first-order chi connectivity index (χ1) is 9.72. The van der Waals surface area contributed by atoms with Gasteiger partial charge in [-0.2, -0.15) is 5.10 Å². The van der Waals surface area contributed by atoms with E-state index in [9.17, 15) is 9.90 Å². The lowest BCUT2D eigenvalue weighted by atomic mass is 10.0. The van der Waals surface area contributed by atoms with Crippen LogP contribution >= 0.6 is 0 Å². The van der Waals surface area contributed by atoms with Crippen LogP contribution in [-0.2, 0) is 12.6 Å². The molecule has 0 unspecified atom stereocenters. The van der Waals surface area contributed by atoms with Crippen LogP contribution in [0.25, 0.3) is 0 Å². The summed E-state index contributed by atoms with van der Waals surface area (Å²) in [5.41, 5.74) is 0.747. The van der Waals surface area contributed by atoms with Gasteiger partial charge in [0.15, 0.2) is 0 Å². The Bertz CT molecular complexity index is 668. The third-order valence-electron chi connectivity index (χ3n) is 3.60. The molecule has 21 heavy (non-hydrogen) atoms. The maximum atomic E-state index is 12.3. The van der Waals surface area contributed by atoms with E-state index in [-0.39, 0.29) is 12.5 Å². The van der Waals surface area contributed by atoms with Crippen LogP contribution in [0.2, 0.25) is 0 Å². The lowest BCUT2D eigenvalue weighted by Gasteiger charge is -2.21. The molecule has 0 saturated carbocycles. The van der Waals surface area contributed by atoms with Crippen molar-refractivity contribution in [2.45, 2.75) is 33.3 Å². The van der Waals surface area contributed by atoms with Crippen molar-refractivity contribution in [3.8, 4) is 0 Å². The molecule has 2 aromatic rings. The van der Waals surface area contributed by atoms with Gasteiger partial charge in [0, 0.05) is 12.7 Å². The molecule has 1 amide bonds. The molecule has 2 aromatic heterocycles. The van der Waals surface area contributed by atoms with E-state index in [2.05, 4.69) is 10.4 Å². The van der Waals surface area contributed by atoms with Gasteiger partial charge in [-0.05, 0) is 39.8 Å².